The summed E-state index contributed by atoms with van der Waals surface area (Å²) in [5.74, 6) is 7.11. The highest BCUT2D eigenvalue weighted by Crippen LogP contribution is 2.63. The van der Waals surface area contributed by atoms with Crippen LogP contribution in [-0.4, -0.2) is 31.8 Å². The first-order valence-corrected chi connectivity index (χ1v) is 7.63. The maximum absolute atomic E-state index is 5.64. The highest BCUT2D eigenvalue weighted by Gasteiger charge is 2.59. The summed E-state index contributed by atoms with van der Waals surface area (Å²) in [5.41, 5.74) is 3.29. The molecule has 20 heavy (non-hydrogen) atoms. The molecule has 5 heteroatoms. The molecule has 2 saturated carbocycles. The summed E-state index contributed by atoms with van der Waals surface area (Å²) in [6.45, 7) is 9.77. The Morgan fingerprint density at radius 2 is 2.15 bits per heavy atom. The third-order valence-electron chi connectivity index (χ3n) is 5.39. The summed E-state index contributed by atoms with van der Waals surface area (Å²) in [5, 5.41) is 3.30. The molecule has 0 radical (unpaired) electrons. The van der Waals surface area contributed by atoms with Crippen molar-refractivity contribution < 1.29 is 4.74 Å². The Morgan fingerprint density at radius 3 is 2.65 bits per heavy atom. The van der Waals surface area contributed by atoms with E-state index in [-0.39, 0.29) is 11.5 Å². The van der Waals surface area contributed by atoms with Gasteiger partial charge in [0.25, 0.3) is 0 Å². The molecule has 0 spiro atoms. The fourth-order valence-electron chi connectivity index (χ4n) is 4.37. The summed E-state index contributed by atoms with van der Waals surface area (Å²) in [7, 11) is 1.70. The van der Waals surface area contributed by atoms with Crippen LogP contribution in [0, 0.1) is 16.7 Å². The molecule has 2 aliphatic carbocycles. The molecule has 0 amide bonds. The van der Waals surface area contributed by atoms with Gasteiger partial charge in [0.15, 0.2) is 0 Å². The van der Waals surface area contributed by atoms with Crippen LogP contribution in [0.3, 0.4) is 0 Å². The maximum atomic E-state index is 5.64. The Balaban J connectivity index is 2.14. The molecular weight excluding hydrogens is 252 g/mol. The second-order valence-corrected chi connectivity index (χ2v) is 7.44. The molecule has 0 aromatic carbocycles. The van der Waals surface area contributed by atoms with E-state index in [2.05, 4.69) is 38.4 Å². The minimum Gasteiger partial charge on any atom is -0.383 e. The van der Waals surface area contributed by atoms with E-state index < -0.39 is 0 Å². The van der Waals surface area contributed by atoms with Crippen molar-refractivity contribution >= 4 is 5.96 Å². The molecule has 2 bridgehead atoms. The Morgan fingerprint density at radius 1 is 1.45 bits per heavy atom. The number of hydrogen-bond donors (Lipinski definition) is 3. The van der Waals surface area contributed by atoms with E-state index in [0.717, 1.165) is 5.92 Å². The summed E-state index contributed by atoms with van der Waals surface area (Å²) in [4.78, 5) is 4.94. The maximum Gasteiger partial charge on any atom is 0.206 e. The Kier molecular flexibility index (Phi) is 4.30. The standard InChI is InChI=1S/C15H30N4O/c1-10(9-20-5)17-13(19-16)18-12-14(2,3)11-6-7-15(12,4)8-11/h10-12H,6-9,16H2,1-5H3,(H2,17,18,19). The molecule has 4 atom stereocenters. The number of hydrogen-bond acceptors (Lipinski definition) is 3. The SMILES string of the molecule is COCC(C)NC(=NC1C2(C)CCC(C2)C1(C)C)NN. The topological polar surface area (TPSA) is 71.7 Å². The fraction of sp³-hybridized carbons (Fsp3) is 0.933. The van der Waals surface area contributed by atoms with E-state index in [1.54, 1.807) is 7.11 Å². The van der Waals surface area contributed by atoms with Gasteiger partial charge in [-0.25, -0.2) is 10.8 Å². The van der Waals surface area contributed by atoms with E-state index in [0.29, 0.717) is 24.0 Å². The number of fused-ring (bicyclic) bond motifs is 2. The van der Waals surface area contributed by atoms with Gasteiger partial charge in [0, 0.05) is 13.2 Å². The van der Waals surface area contributed by atoms with Crippen LogP contribution in [-0.2, 0) is 4.74 Å². The van der Waals surface area contributed by atoms with Gasteiger partial charge in [-0.3, -0.25) is 5.43 Å². The lowest BCUT2D eigenvalue weighted by Gasteiger charge is -2.40. The molecule has 0 aliphatic heterocycles. The van der Waals surface area contributed by atoms with E-state index in [4.69, 9.17) is 15.6 Å². The molecule has 4 N–H and O–H groups in total. The average molecular weight is 282 g/mol. The largest absolute Gasteiger partial charge is 0.383 e. The van der Waals surface area contributed by atoms with Crippen molar-refractivity contribution in [2.24, 2.45) is 27.6 Å². The van der Waals surface area contributed by atoms with Crippen LogP contribution in [0.25, 0.3) is 0 Å². The van der Waals surface area contributed by atoms with Crippen LogP contribution in [0.15, 0.2) is 4.99 Å². The van der Waals surface area contributed by atoms with E-state index in [1.165, 1.54) is 19.3 Å². The fourth-order valence-corrected chi connectivity index (χ4v) is 4.37. The van der Waals surface area contributed by atoms with Gasteiger partial charge in [0.2, 0.25) is 5.96 Å². The van der Waals surface area contributed by atoms with Crippen LogP contribution in [0.1, 0.15) is 47.0 Å². The molecular formula is C15H30N4O. The zero-order valence-electron chi connectivity index (χ0n) is 13.5. The van der Waals surface area contributed by atoms with Crippen molar-refractivity contribution in [3.8, 4) is 0 Å². The Bertz CT molecular complexity index is 377. The number of ether oxygens (including phenoxy) is 1. The summed E-state index contributed by atoms with van der Waals surface area (Å²) < 4.78 is 5.14. The predicted octanol–water partition coefficient (Wildman–Crippen LogP) is 1.65. The van der Waals surface area contributed by atoms with Gasteiger partial charge in [-0.1, -0.05) is 20.8 Å². The number of nitrogens with two attached hydrogens (primary N) is 1. The quantitative estimate of drug-likeness (QED) is 0.317. The van der Waals surface area contributed by atoms with E-state index in [9.17, 15) is 0 Å². The molecule has 2 rings (SSSR count). The summed E-state index contributed by atoms with van der Waals surface area (Å²) >= 11 is 0. The first-order valence-electron chi connectivity index (χ1n) is 7.63. The predicted molar refractivity (Wildman–Crippen MR) is 82.2 cm³/mol. The Hall–Kier alpha value is -0.810. The number of hydrazine groups is 1. The number of rotatable bonds is 4. The zero-order chi connectivity index (χ0) is 15.0. The number of methoxy groups -OCH3 is 1. The van der Waals surface area contributed by atoms with Crippen LogP contribution < -0.4 is 16.6 Å². The molecule has 116 valence electrons. The third kappa shape index (κ3) is 2.66. The van der Waals surface area contributed by atoms with Crippen LogP contribution in [0.4, 0.5) is 0 Å². The van der Waals surface area contributed by atoms with Gasteiger partial charge in [-0.15, -0.1) is 0 Å². The zero-order valence-corrected chi connectivity index (χ0v) is 13.5. The molecule has 0 aromatic heterocycles. The monoisotopic (exact) mass is 282 g/mol. The first-order chi connectivity index (χ1) is 9.33. The van der Waals surface area contributed by atoms with E-state index in [1.807, 2.05) is 0 Å². The van der Waals surface area contributed by atoms with Gasteiger partial charge >= 0.3 is 0 Å². The minimum absolute atomic E-state index is 0.185. The summed E-state index contributed by atoms with van der Waals surface area (Å²) in [6.07, 6.45) is 3.91. The smallest absolute Gasteiger partial charge is 0.206 e. The molecule has 0 saturated heterocycles. The number of nitrogens with zero attached hydrogens (tertiary/aromatic N) is 1. The molecule has 2 fully saturated rings. The lowest BCUT2D eigenvalue weighted by Crippen LogP contribution is -2.49. The van der Waals surface area contributed by atoms with Crippen LogP contribution in [0.2, 0.25) is 0 Å². The van der Waals surface area contributed by atoms with Crippen molar-refractivity contribution in [1.29, 1.82) is 0 Å². The van der Waals surface area contributed by atoms with Crippen molar-refractivity contribution in [2.75, 3.05) is 13.7 Å². The second-order valence-electron chi connectivity index (χ2n) is 7.44. The lowest BCUT2D eigenvalue weighted by molar-refractivity contribution is 0.141. The van der Waals surface area contributed by atoms with Gasteiger partial charge in [0.1, 0.15) is 0 Å². The number of nitrogens with one attached hydrogen (secondary N) is 2. The van der Waals surface area contributed by atoms with Gasteiger partial charge < -0.3 is 10.1 Å². The van der Waals surface area contributed by atoms with Gasteiger partial charge in [-0.05, 0) is 42.9 Å². The Labute approximate surface area is 122 Å². The second kappa shape index (κ2) is 5.53. The highest BCUT2D eigenvalue weighted by molar-refractivity contribution is 5.79. The van der Waals surface area contributed by atoms with Crippen LogP contribution in [0.5, 0.6) is 0 Å². The molecule has 5 nitrogen and oxygen atoms in total. The van der Waals surface area contributed by atoms with Gasteiger partial charge in [-0.2, -0.15) is 0 Å². The van der Waals surface area contributed by atoms with Crippen molar-refractivity contribution in [2.45, 2.75) is 59.0 Å². The van der Waals surface area contributed by atoms with Crippen LogP contribution >= 0.6 is 0 Å². The molecule has 0 heterocycles. The van der Waals surface area contributed by atoms with Crippen molar-refractivity contribution in [1.82, 2.24) is 10.7 Å². The molecule has 4 unspecified atom stereocenters. The van der Waals surface area contributed by atoms with Crippen molar-refractivity contribution in [3.05, 3.63) is 0 Å². The molecule has 2 aliphatic rings. The highest BCUT2D eigenvalue weighted by atomic mass is 16.5. The first kappa shape index (κ1) is 15.6. The number of aliphatic imine (C=N–C) groups is 1. The van der Waals surface area contributed by atoms with Crippen molar-refractivity contribution in [3.63, 3.8) is 0 Å². The normalized spacial score (nSPS) is 37.0. The van der Waals surface area contributed by atoms with Gasteiger partial charge in [0.05, 0.1) is 12.6 Å². The number of guanidine groups is 1. The average Bonchev–Trinajstić information content (AvgIpc) is 2.84. The summed E-state index contributed by atoms with van der Waals surface area (Å²) in [6, 6.07) is 0.506. The lowest BCUT2D eigenvalue weighted by atomic mass is 9.69. The molecule has 0 aromatic rings. The minimum atomic E-state index is 0.185. The van der Waals surface area contributed by atoms with E-state index >= 15 is 0 Å². The third-order valence-corrected chi connectivity index (χ3v) is 5.39.